The van der Waals surface area contributed by atoms with E-state index in [-0.39, 0.29) is 16.2 Å². The normalized spacial score (nSPS) is 17.7. The highest BCUT2D eigenvalue weighted by atomic mass is 16.9. The Bertz CT molecular complexity index is 1110. The first kappa shape index (κ1) is 26.9. The fraction of sp³-hybridized carbons (Fsp3) is 0.280. The first-order valence-electron chi connectivity index (χ1n) is 11.1. The smallest absolute Gasteiger partial charge is 0.444 e. The number of rotatable bonds is 8. The largest absolute Gasteiger partial charge is 0.537 e. The van der Waals surface area contributed by atoms with Crippen molar-refractivity contribution >= 4 is 35.9 Å². The average molecular weight is 513 g/mol. The highest BCUT2D eigenvalue weighted by Gasteiger charge is 2.55. The molecule has 37 heavy (non-hydrogen) atoms. The second-order valence-corrected chi connectivity index (χ2v) is 7.97. The SMILES string of the molecule is CC(C)C(=O)O[C@@H](C)OC(=O)ON1C(=O)[C@@H](OC(=O)c2ccccc2)[C@H](OC(=O)c2ccccc2)C1=O. The summed E-state index contributed by atoms with van der Waals surface area (Å²) in [5.41, 5.74) is 0.103. The maximum Gasteiger partial charge on any atom is 0.537 e. The minimum absolute atomic E-state index is 0.0365. The predicted octanol–water partition coefficient (Wildman–Crippen LogP) is 2.42. The number of benzene rings is 2. The lowest BCUT2D eigenvalue weighted by Crippen LogP contribution is -2.37. The van der Waals surface area contributed by atoms with Crippen molar-refractivity contribution in [1.82, 2.24) is 5.06 Å². The topological polar surface area (TPSA) is 152 Å². The van der Waals surface area contributed by atoms with Crippen LogP contribution in [0.1, 0.15) is 41.5 Å². The summed E-state index contributed by atoms with van der Waals surface area (Å²) in [6.07, 6.45) is -6.91. The molecule has 0 saturated carbocycles. The number of ether oxygens (including phenoxy) is 4. The van der Waals surface area contributed by atoms with Gasteiger partial charge in [-0.1, -0.05) is 55.3 Å². The van der Waals surface area contributed by atoms with Gasteiger partial charge in [0.2, 0.25) is 18.5 Å². The molecule has 2 amide bonds. The van der Waals surface area contributed by atoms with E-state index < -0.39 is 60.3 Å². The number of hydrogen-bond donors (Lipinski definition) is 0. The molecule has 0 spiro atoms. The third-order valence-electron chi connectivity index (χ3n) is 4.83. The van der Waals surface area contributed by atoms with Crippen LogP contribution in [0.5, 0.6) is 0 Å². The summed E-state index contributed by atoms with van der Waals surface area (Å²) in [6, 6.07) is 15.1. The lowest BCUT2D eigenvalue weighted by molar-refractivity contribution is -0.194. The maximum atomic E-state index is 12.9. The van der Waals surface area contributed by atoms with Crippen LogP contribution < -0.4 is 0 Å². The Labute approximate surface area is 210 Å². The summed E-state index contributed by atoms with van der Waals surface area (Å²) in [6.45, 7) is 4.33. The Balaban J connectivity index is 1.77. The molecule has 2 aromatic carbocycles. The summed E-state index contributed by atoms with van der Waals surface area (Å²) in [5, 5.41) is -0.0365. The zero-order valence-corrected chi connectivity index (χ0v) is 20.0. The summed E-state index contributed by atoms with van der Waals surface area (Å²) < 4.78 is 19.9. The van der Waals surface area contributed by atoms with Crippen LogP contribution in [-0.2, 0) is 38.2 Å². The van der Waals surface area contributed by atoms with Crippen molar-refractivity contribution in [1.29, 1.82) is 0 Å². The Morgan fingerprint density at radius 2 is 1.14 bits per heavy atom. The standard InChI is InChI=1S/C25H23NO11/c1-14(2)22(29)33-15(3)34-25(32)37-26-20(27)18(35-23(30)16-10-6-4-7-11-16)19(21(26)28)36-24(31)17-12-8-5-9-13-17/h4-15,18-19H,1-3H3/t15-,18+,19+/m1/s1. The molecular formula is C25H23NO11. The molecular weight excluding hydrogens is 490 g/mol. The molecule has 3 rings (SSSR count). The number of esters is 3. The van der Waals surface area contributed by atoms with E-state index in [1.165, 1.54) is 31.2 Å². The summed E-state index contributed by atoms with van der Waals surface area (Å²) in [7, 11) is 0. The fourth-order valence-electron chi connectivity index (χ4n) is 2.98. The van der Waals surface area contributed by atoms with Crippen LogP contribution in [-0.4, -0.2) is 59.4 Å². The molecule has 0 bridgehead atoms. The Morgan fingerprint density at radius 1 is 0.703 bits per heavy atom. The molecule has 1 fully saturated rings. The summed E-state index contributed by atoms with van der Waals surface area (Å²) >= 11 is 0. The summed E-state index contributed by atoms with van der Waals surface area (Å²) in [4.78, 5) is 79.4. The van der Waals surface area contributed by atoms with Crippen LogP contribution in [0.2, 0.25) is 0 Å². The van der Waals surface area contributed by atoms with Gasteiger partial charge in [0, 0.05) is 6.92 Å². The van der Waals surface area contributed by atoms with E-state index in [0.717, 1.165) is 0 Å². The van der Waals surface area contributed by atoms with Gasteiger partial charge in [0.15, 0.2) is 0 Å². The van der Waals surface area contributed by atoms with Gasteiger partial charge in [-0.3, -0.25) is 19.2 Å². The van der Waals surface area contributed by atoms with Gasteiger partial charge in [0.1, 0.15) is 0 Å². The van der Waals surface area contributed by atoms with Crippen molar-refractivity contribution in [3.63, 3.8) is 0 Å². The molecule has 0 aliphatic carbocycles. The number of carbonyl (C=O) groups is 6. The third-order valence-corrected chi connectivity index (χ3v) is 4.83. The molecule has 0 N–H and O–H groups in total. The molecule has 1 aliphatic rings. The van der Waals surface area contributed by atoms with E-state index in [2.05, 4.69) is 4.84 Å². The highest BCUT2D eigenvalue weighted by molar-refractivity contribution is 6.09. The van der Waals surface area contributed by atoms with Crippen molar-refractivity contribution in [2.75, 3.05) is 0 Å². The maximum absolute atomic E-state index is 12.9. The van der Waals surface area contributed by atoms with Gasteiger partial charge in [0.05, 0.1) is 17.0 Å². The molecule has 1 saturated heterocycles. The van der Waals surface area contributed by atoms with E-state index in [9.17, 15) is 28.8 Å². The third kappa shape index (κ3) is 6.69. The lowest BCUT2D eigenvalue weighted by atomic mass is 10.2. The van der Waals surface area contributed by atoms with Crippen molar-refractivity contribution in [2.45, 2.75) is 39.3 Å². The van der Waals surface area contributed by atoms with E-state index >= 15 is 0 Å². The second kappa shape index (κ2) is 11.8. The molecule has 194 valence electrons. The van der Waals surface area contributed by atoms with Crippen LogP contribution >= 0.6 is 0 Å². The lowest BCUT2D eigenvalue weighted by Gasteiger charge is -2.17. The molecule has 0 radical (unpaired) electrons. The molecule has 2 aromatic rings. The van der Waals surface area contributed by atoms with Gasteiger partial charge in [-0.15, -0.1) is 0 Å². The van der Waals surface area contributed by atoms with E-state index in [1.807, 2.05) is 0 Å². The number of hydrogen-bond acceptors (Lipinski definition) is 11. The highest BCUT2D eigenvalue weighted by Crippen LogP contribution is 2.24. The van der Waals surface area contributed by atoms with E-state index in [0.29, 0.717) is 0 Å². The Morgan fingerprint density at radius 3 is 1.54 bits per heavy atom. The first-order chi connectivity index (χ1) is 17.6. The van der Waals surface area contributed by atoms with Crippen molar-refractivity contribution < 1.29 is 52.6 Å². The Hall–Kier alpha value is -4.74. The zero-order chi connectivity index (χ0) is 27.1. The predicted molar refractivity (Wildman–Crippen MR) is 121 cm³/mol. The molecule has 1 aliphatic heterocycles. The molecule has 12 heteroatoms. The minimum atomic E-state index is -1.96. The van der Waals surface area contributed by atoms with Gasteiger partial charge < -0.3 is 18.9 Å². The van der Waals surface area contributed by atoms with Crippen LogP contribution in [0, 0.1) is 5.92 Å². The molecule has 3 atom stereocenters. The van der Waals surface area contributed by atoms with E-state index in [4.69, 9.17) is 18.9 Å². The van der Waals surface area contributed by atoms with Crippen molar-refractivity contribution in [3.8, 4) is 0 Å². The molecule has 0 unspecified atom stereocenters. The van der Waals surface area contributed by atoms with Crippen LogP contribution in [0.4, 0.5) is 4.79 Å². The van der Waals surface area contributed by atoms with Crippen LogP contribution in [0.15, 0.2) is 60.7 Å². The second-order valence-electron chi connectivity index (χ2n) is 7.97. The van der Waals surface area contributed by atoms with Crippen molar-refractivity contribution in [3.05, 3.63) is 71.8 Å². The van der Waals surface area contributed by atoms with Crippen LogP contribution in [0.25, 0.3) is 0 Å². The Kier molecular flexibility index (Phi) is 8.56. The van der Waals surface area contributed by atoms with Crippen LogP contribution in [0.3, 0.4) is 0 Å². The van der Waals surface area contributed by atoms with Gasteiger partial charge in [-0.2, -0.15) is 0 Å². The van der Waals surface area contributed by atoms with Gasteiger partial charge in [-0.05, 0) is 24.3 Å². The fourth-order valence-corrected chi connectivity index (χ4v) is 2.98. The monoisotopic (exact) mass is 513 g/mol. The number of hydroxylamine groups is 2. The van der Waals surface area contributed by atoms with Gasteiger partial charge in [-0.25, -0.2) is 14.4 Å². The zero-order valence-electron chi connectivity index (χ0n) is 20.0. The number of imide groups is 1. The van der Waals surface area contributed by atoms with Gasteiger partial charge >= 0.3 is 35.9 Å². The molecule has 12 nitrogen and oxygen atoms in total. The first-order valence-corrected chi connectivity index (χ1v) is 11.1. The molecule has 1 heterocycles. The average Bonchev–Trinajstić information content (AvgIpc) is 3.08. The number of amides is 2. The molecule has 0 aromatic heterocycles. The number of nitrogens with zero attached hydrogens (tertiary/aromatic N) is 1. The van der Waals surface area contributed by atoms with Crippen molar-refractivity contribution in [2.24, 2.45) is 5.92 Å². The van der Waals surface area contributed by atoms with E-state index in [1.54, 1.807) is 50.2 Å². The minimum Gasteiger partial charge on any atom is -0.444 e. The quantitative estimate of drug-likeness (QED) is 0.221. The van der Waals surface area contributed by atoms with Gasteiger partial charge in [0.25, 0.3) is 0 Å². The number of carbonyl (C=O) groups excluding carboxylic acids is 6. The summed E-state index contributed by atoms with van der Waals surface area (Å²) in [5.74, 6) is -5.77.